The lowest BCUT2D eigenvalue weighted by Gasteiger charge is -2.18. The molecule has 0 bridgehead atoms. The third kappa shape index (κ3) is 5.16. The molecule has 0 aromatic heterocycles. The highest BCUT2D eigenvalue weighted by Gasteiger charge is 2.35. The third-order valence-electron chi connectivity index (χ3n) is 3.52. The van der Waals surface area contributed by atoms with E-state index < -0.39 is 39.0 Å². The maximum Gasteiger partial charge on any atom is 0.416 e. The van der Waals surface area contributed by atoms with Gasteiger partial charge < -0.3 is 9.47 Å². The molecular weight excluding hydrogens is 363 g/mol. The van der Waals surface area contributed by atoms with Gasteiger partial charge in [0.15, 0.2) is 0 Å². The van der Waals surface area contributed by atoms with Crippen LogP contribution in [0.3, 0.4) is 0 Å². The van der Waals surface area contributed by atoms with E-state index in [9.17, 15) is 26.4 Å². The lowest BCUT2D eigenvalue weighted by atomic mass is 10.1. The van der Waals surface area contributed by atoms with Crippen LogP contribution >= 0.6 is 0 Å². The molecule has 1 heterocycles. The molecule has 1 aromatic carbocycles. The molecular formula is C15H18F3NO5S. The van der Waals surface area contributed by atoms with Gasteiger partial charge in [0.2, 0.25) is 10.0 Å². The Morgan fingerprint density at radius 3 is 2.52 bits per heavy atom. The molecule has 1 aromatic rings. The highest BCUT2D eigenvalue weighted by molar-refractivity contribution is 7.89. The number of rotatable bonds is 7. The first-order valence-electron chi connectivity index (χ1n) is 7.48. The molecule has 1 atom stereocenters. The normalized spacial score (nSPS) is 17.6. The van der Waals surface area contributed by atoms with Crippen molar-refractivity contribution >= 4 is 16.0 Å². The molecule has 0 saturated carbocycles. The molecule has 0 amide bonds. The van der Waals surface area contributed by atoms with Crippen molar-refractivity contribution in [1.29, 1.82) is 0 Å². The summed E-state index contributed by atoms with van der Waals surface area (Å²) in [7, 11) is -2.88. The number of hydrogen-bond acceptors (Lipinski definition) is 5. The highest BCUT2D eigenvalue weighted by atomic mass is 32.2. The average Bonchev–Trinajstić information content (AvgIpc) is 3.30. The zero-order chi connectivity index (χ0) is 18.8. The minimum Gasteiger partial charge on any atom is -0.466 e. The van der Waals surface area contributed by atoms with Gasteiger partial charge in [0.1, 0.15) is 0 Å². The van der Waals surface area contributed by atoms with Crippen molar-refractivity contribution in [3.05, 3.63) is 29.3 Å². The fraction of sp³-hybridized carbons (Fsp3) is 0.533. The predicted octanol–water partition coefficient (Wildman–Crippen LogP) is 1.83. The van der Waals surface area contributed by atoms with Crippen molar-refractivity contribution in [3.63, 3.8) is 0 Å². The fourth-order valence-corrected chi connectivity index (χ4v) is 3.49. The van der Waals surface area contributed by atoms with E-state index in [-0.39, 0.29) is 24.8 Å². The summed E-state index contributed by atoms with van der Waals surface area (Å²) in [6.45, 7) is 2.10. The van der Waals surface area contributed by atoms with Crippen molar-refractivity contribution in [3.8, 4) is 0 Å². The molecule has 1 aliphatic heterocycles. The number of esters is 1. The zero-order valence-electron chi connectivity index (χ0n) is 13.7. The van der Waals surface area contributed by atoms with Crippen LogP contribution in [0.1, 0.15) is 18.1 Å². The van der Waals surface area contributed by atoms with Crippen molar-refractivity contribution < 1.29 is 35.9 Å². The Hall–Kier alpha value is -1.65. The number of benzene rings is 1. The Morgan fingerprint density at radius 1 is 1.36 bits per heavy atom. The van der Waals surface area contributed by atoms with Gasteiger partial charge in [-0.25, -0.2) is 8.42 Å². The summed E-state index contributed by atoms with van der Waals surface area (Å²) in [6, 6.07) is 2.37. The van der Waals surface area contributed by atoms with Crippen LogP contribution in [0.25, 0.3) is 0 Å². The van der Waals surface area contributed by atoms with Gasteiger partial charge in [-0.2, -0.15) is 17.5 Å². The van der Waals surface area contributed by atoms with Gasteiger partial charge in [0.25, 0.3) is 0 Å². The summed E-state index contributed by atoms with van der Waals surface area (Å²) in [5.41, 5.74) is -1.22. The van der Waals surface area contributed by atoms with E-state index in [1.807, 2.05) is 0 Å². The number of halogens is 3. The number of hydrogen-bond donors (Lipinski definition) is 0. The molecule has 0 N–H and O–H groups in total. The number of epoxide rings is 1. The van der Waals surface area contributed by atoms with E-state index in [1.54, 1.807) is 6.92 Å². The lowest BCUT2D eigenvalue weighted by Crippen LogP contribution is -2.31. The Labute approximate surface area is 143 Å². The Morgan fingerprint density at radius 2 is 2.00 bits per heavy atom. The molecule has 6 nitrogen and oxygen atoms in total. The van der Waals surface area contributed by atoms with Crippen molar-refractivity contribution in [2.24, 2.45) is 0 Å². The Balaban J connectivity index is 2.39. The van der Waals surface area contributed by atoms with Crippen LogP contribution < -0.4 is 0 Å². The van der Waals surface area contributed by atoms with Gasteiger partial charge in [0.05, 0.1) is 36.2 Å². The number of ether oxygens (including phenoxy) is 2. The van der Waals surface area contributed by atoms with Gasteiger partial charge in [-0.1, -0.05) is 0 Å². The van der Waals surface area contributed by atoms with Crippen molar-refractivity contribution in [2.75, 3.05) is 26.8 Å². The van der Waals surface area contributed by atoms with E-state index in [0.29, 0.717) is 12.7 Å². The number of likely N-dealkylation sites (N-methyl/N-ethyl adjacent to an activating group) is 1. The van der Waals surface area contributed by atoms with Crippen LogP contribution in [0.2, 0.25) is 0 Å². The van der Waals surface area contributed by atoms with Crippen LogP contribution in [0, 0.1) is 0 Å². The van der Waals surface area contributed by atoms with Crippen LogP contribution in [-0.4, -0.2) is 51.6 Å². The first-order chi connectivity index (χ1) is 11.5. The predicted molar refractivity (Wildman–Crippen MR) is 81.3 cm³/mol. The lowest BCUT2D eigenvalue weighted by molar-refractivity contribution is -0.142. The molecule has 0 aliphatic carbocycles. The quantitative estimate of drug-likeness (QED) is 0.532. The minimum atomic E-state index is -4.74. The second kappa shape index (κ2) is 7.30. The average molecular weight is 381 g/mol. The fourth-order valence-electron chi connectivity index (χ4n) is 2.19. The van der Waals surface area contributed by atoms with Crippen LogP contribution in [0.4, 0.5) is 13.2 Å². The third-order valence-corrected chi connectivity index (χ3v) is 5.32. The number of carbonyl (C=O) groups excluding carboxylic acids is 1. The summed E-state index contributed by atoms with van der Waals surface area (Å²) >= 11 is 0. The molecule has 2 rings (SSSR count). The Bertz CT molecular complexity index is 744. The topological polar surface area (TPSA) is 76.2 Å². The van der Waals surface area contributed by atoms with Gasteiger partial charge in [-0.3, -0.25) is 4.79 Å². The van der Waals surface area contributed by atoms with Crippen LogP contribution in [-0.2, 0) is 36.9 Å². The van der Waals surface area contributed by atoms with Gasteiger partial charge >= 0.3 is 12.1 Å². The summed E-state index contributed by atoms with van der Waals surface area (Å²) in [4.78, 5) is 11.0. The SMILES string of the molecule is CCOC(=O)Cc1cc(C(F)(F)F)cc(S(=O)(=O)N(C)C[C@H]2CO2)c1. The number of carbonyl (C=O) groups is 1. The maximum absolute atomic E-state index is 13.1. The number of alkyl halides is 3. The highest BCUT2D eigenvalue weighted by Crippen LogP contribution is 2.32. The first kappa shape index (κ1) is 19.7. The second-order valence-corrected chi connectivity index (χ2v) is 7.63. The van der Waals surface area contributed by atoms with E-state index >= 15 is 0 Å². The smallest absolute Gasteiger partial charge is 0.416 e. The van der Waals surface area contributed by atoms with E-state index in [0.717, 1.165) is 16.4 Å². The van der Waals surface area contributed by atoms with Gasteiger partial charge in [-0.15, -0.1) is 0 Å². The molecule has 1 aliphatic rings. The molecule has 1 fully saturated rings. The minimum absolute atomic E-state index is 0.0474. The van der Waals surface area contributed by atoms with Gasteiger partial charge in [-0.05, 0) is 30.7 Å². The maximum atomic E-state index is 13.1. The molecule has 0 radical (unpaired) electrons. The monoisotopic (exact) mass is 381 g/mol. The van der Waals surface area contributed by atoms with E-state index in [2.05, 4.69) is 0 Å². The summed E-state index contributed by atoms with van der Waals surface area (Å²) in [5.74, 6) is -0.732. The molecule has 0 unspecified atom stereocenters. The molecule has 10 heteroatoms. The Kier molecular flexibility index (Phi) is 5.75. The van der Waals surface area contributed by atoms with Crippen molar-refractivity contribution in [2.45, 2.75) is 30.5 Å². The van der Waals surface area contributed by atoms with E-state index in [4.69, 9.17) is 9.47 Å². The number of nitrogens with zero attached hydrogens (tertiary/aromatic N) is 1. The second-order valence-electron chi connectivity index (χ2n) is 5.59. The van der Waals surface area contributed by atoms with Crippen molar-refractivity contribution in [1.82, 2.24) is 4.31 Å². The molecule has 0 spiro atoms. The summed E-state index contributed by atoms with van der Waals surface area (Å²) < 4.78 is 74.9. The largest absolute Gasteiger partial charge is 0.466 e. The molecule has 25 heavy (non-hydrogen) atoms. The summed E-state index contributed by atoms with van der Waals surface area (Å²) in [6.07, 6.45) is -5.44. The molecule has 140 valence electrons. The summed E-state index contributed by atoms with van der Waals surface area (Å²) in [5, 5.41) is 0. The van der Waals surface area contributed by atoms with Crippen LogP contribution in [0.5, 0.6) is 0 Å². The van der Waals surface area contributed by atoms with Gasteiger partial charge in [0, 0.05) is 13.6 Å². The van der Waals surface area contributed by atoms with E-state index in [1.165, 1.54) is 7.05 Å². The van der Waals surface area contributed by atoms with Crippen LogP contribution in [0.15, 0.2) is 23.1 Å². The molecule has 1 saturated heterocycles. The first-order valence-corrected chi connectivity index (χ1v) is 8.92. The standard InChI is InChI=1S/C15H18F3NO5S/c1-3-23-14(20)6-10-4-11(15(16,17)18)7-13(5-10)25(21,22)19(2)8-12-9-24-12/h4-5,7,12H,3,6,8-9H2,1-2H3/t12-/m0/s1. The number of sulfonamides is 1. The zero-order valence-corrected chi connectivity index (χ0v) is 14.5.